The lowest BCUT2D eigenvalue weighted by Gasteiger charge is -2.20. The van der Waals surface area contributed by atoms with E-state index < -0.39 is 0 Å². The molecule has 1 amide bonds. The molecule has 0 unspecified atom stereocenters. The summed E-state index contributed by atoms with van der Waals surface area (Å²) in [6, 6.07) is 24.4. The second-order valence-corrected chi connectivity index (χ2v) is 6.54. The van der Waals surface area contributed by atoms with Gasteiger partial charge in [0.15, 0.2) is 0 Å². The number of halogens is 1. The van der Waals surface area contributed by atoms with Gasteiger partial charge in [0.2, 0.25) is 5.91 Å². The molecule has 2 N–H and O–H groups in total. The molecule has 138 valence electrons. The van der Waals surface area contributed by atoms with Crippen LogP contribution in [0, 0.1) is 12.7 Å². The van der Waals surface area contributed by atoms with Gasteiger partial charge in [-0.15, -0.1) is 0 Å². The van der Waals surface area contributed by atoms with Crippen LogP contribution in [0.2, 0.25) is 0 Å². The molecule has 0 saturated carbocycles. The zero-order chi connectivity index (χ0) is 19.1. The smallest absolute Gasteiger partial charge is 0.234 e. The summed E-state index contributed by atoms with van der Waals surface area (Å²) >= 11 is 0. The van der Waals surface area contributed by atoms with E-state index >= 15 is 0 Å². The molecule has 1 atom stereocenters. The standard InChI is InChI=1S/C23H23FN2O/c1-17-7-11-20(12-8-17)23(19-5-3-2-4-6-19)26-16-22(27)25-15-18-9-13-21(24)14-10-18/h2-14,23,26H,15-16H2,1H3,(H,25,27)/t23-/m1/s1. The highest BCUT2D eigenvalue weighted by molar-refractivity contribution is 5.78. The molecule has 0 fully saturated rings. The van der Waals surface area contributed by atoms with Crippen LogP contribution in [0.5, 0.6) is 0 Å². The van der Waals surface area contributed by atoms with E-state index in [9.17, 15) is 9.18 Å². The van der Waals surface area contributed by atoms with Crippen molar-refractivity contribution in [2.24, 2.45) is 0 Å². The van der Waals surface area contributed by atoms with Crippen LogP contribution in [0.4, 0.5) is 4.39 Å². The third-order valence-electron chi connectivity index (χ3n) is 4.41. The Kier molecular flexibility index (Phi) is 6.34. The van der Waals surface area contributed by atoms with Crippen LogP contribution < -0.4 is 10.6 Å². The van der Waals surface area contributed by atoms with Crippen molar-refractivity contribution in [1.29, 1.82) is 0 Å². The maximum Gasteiger partial charge on any atom is 0.234 e. The van der Waals surface area contributed by atoms with Gasteiger partial charge in [0.05, 0.1) is 12.6 Å². The van der Waals surface area contributed by atoms with Gasteiger partial charge in [-0.25, -0.2) is 4.39 Å². The monoisotopic (exact) mass is 362 g/mol. The number of nitrogens with one attached hydrogen (secondary N) is 2. The van der Waals surface area contributed by atoms with Gasteiger partial charge in [0.25, 0.3) is 0 Å². The van der Waals surface area contributed by atoms with Crippen LogP contribution in [0.1, 0.15) is 28.3 Å². The van der Waals surface area contributed by atoms with Crippen LogP contribution >= 0.6 is 0 Å². The Hall–Kier alpha value is -2.98. The van der Waals surface area contributed by atoms with E-state index in [1.54, 1.807) is 12.1 Å². The second-order valence-electron chi connectivity index (χ2n) is 6.54. The van der Waals surface area contributed by atoms with Crippen molar-refractivity contribution in [3.8, 4) is 0 Å². The van der Waals surface area contributed by atoms with Crippen molar-refractivity contribution in [2.45, 2.75) is 19.5 Å². The summed E-state index contributed by atoms with van der Waals surface area (Å²) in [4.78, 5) is 12.3. The summed E-state index contributed by atoms with van der Waals surface area (Å²) in [5, 5.41) is 6.21. The Labute approximate surface area is 159 Å². The molecule has 3 rings (SSSR count). The molecule has 3 aromatic rings. The van der Waals surface area contributed by atoms with Gasteiger partial charge in [0.1, 0.15) is 5.82 Å². The molecule has 4 heteroatoms. The molecule has 0 aliphatic heterocycles. The van der Waals surface area contributed by atoms with E-state index in [2.05, 4.69) is 41.8 Å². The lowest BCUT2D eigenvalue weighted by molar-refractivity contribution is -0.120. The molecule has 0 bridgehead atoms. The normalized spacial score (nSPS) is 11.8. The van der Waals surface area contributed by atoms with Crippen LogP contribution in [0.25, 0.3) is 0 Å². The fraction of sp³-hybridized carbons (Fsp3) is 0.174. The first-order valence-electron chi connectivity index (χ1n) is 8.98. The number of hydrogen-bond donors (Lipinski definition) is 2. The molecular weight excluding hydrogens is 339 g/mol. The Morgan fingerprint density at radius 3 is 2.19 bits per heavy atom. The van der Waals surface area contributed by atoms with Crippen molar-refractivity contribution in [3.05, 3.63) is 107 Å². The lowest BCUT2D eigenvalue weighted by atomic mass is 9.98. The predicted molar refractivity (Wildman–Crippen MR) is 106 cm³/mol. The second kappa shape index (κ2) is 9.10. The largest absolute Gasteiger partial charge is 0.351 e. The van der Waals surface area contributed by atoms with Crippen molar-refractivity contribution >= 4 is 5.91 Å². The molecule has 0 aromatic heterocycles. The van der Waals surface area contributed by atoms with Crippen LogP contribution in [0.15, 0.2) is 78.9 Å². The zero-order valence-corrected chi connectivity index (χ0v) is 15.3. The van der Waals surface area contributed by atoms with Crippen molar-refractivity contribution < 1.29 is 9.18 Å². The quantitative estimate of drug-likeness (QED) is 0.664. The highest BCUT2D eigenvalue weighted by Crippen LogP contribution is 2.22. The van der Waals surface area contributed by atoms with Gasteiger partial charge >= 0.3 is 0 Å². The number of benzene rings is 3. The summed E-state index contributed by atoms with van der Waals surface area (Å²) in [7, 11) is 0. The van der Waals surface area contributed by atoms with Crippen molar-refractivity contribution in [1.82, 2.24) is 10.6 Å². The average molecular weight is 362 g/mol. The summed E-state index contributed by atoms with van der Waals surface area (Å²) in [6.45, 7) is 2.62. The number of carbonyl (C=O) groups is 1. The first kappa shape index (κ1) is 18.8. The molecule has 0 saturated heterocycles. The summed E-state index contributed by atoms with van der Waals surface area (Å²) in [6.07, 6.45) is 0. The van der Waals surface area contributed by atoms with E-state index in [0.29, 0.717) is 6.54 Å². The van der Waals surface area contributed by atoms with Gasteiger partial charge in [-0.1, -0.05) is 72.3 Å². The summed E-state index contributed by atoms with van der Waals surface area (Å²) in [5.41, 5.74) is 4.27. The van der Waals surface area contributed by atoms with Gasteiger partial charge in [-0.2, -0.15) is 0 Å². The SMILES string of the molecule is Cc1ccc([C@H](NCC(=O)NCc2ccc(F)cc2)c2ccccc2)cc1. The lowest BCUT2D eigenvalue weighted by Crippen LogP contribution is -2.35. The van der Waals surface area contributed by atoms with E-state index in [1.165, 1.54) is 17.7 Å². The third-order valence-corrected chi connectivity index (χ3v) is 4.41. The Bertz CT molecular complexity index is 861. The molecule has 0 aliphatic carbocycles. The maximum absolute atomic E-state index is 12.9. The van der Waals surface area contributed by atoms with Crippen LogP contribution in [-0.4, -0.2) is 12.5 Å². The Morgan fingerprint density at radius 1 is 0.889 bits per heavy atom. The van der Waals surface area contributed by atoms with Crippen molar-refractivity contribution in [3.63, 3.8) is 0 Å². The third kappa shape index (κ3) is 5.50. The topological polar surface area (TPSA) is 41.1 Å². The minimum absolute atomic E-state index is 0.0663. The van der Waals surface area contributed by atoms with E-state index in [0.717, 1.165) is 16.7 Å². The number of amides is 1. The van der Waals surface area contributed by atoms with Gasteiger partial charge in [-0.3, -0.25) is 10.1 Å². The minimum atomic E-state index is -0.282. The Balaban J connectivity index is 1.63. The highest BCUT2D eigenvalue weighted by Gasteiger charge is 2.14. The zero-order valence-electron chi connectivity index (χ0n) is 15.3. The maximum atomic E-state index is 12.9. The summed E-state index contributed by atoms with van der Waals surface area (Å²) in [5.74, 6) is -0.386. The Morgan fingerprint density at radius 2 is 1.52 bits per heavy atom. The average Bonchev–Trinajstić information content (AvgIpc) is 2.70. The highest BCUT2D eigenvalue weighted by atomic mass is 19.1. The fourth-order valence-electron chi connectivity index (χ4n) is 2.89. The molecule has 3 nitrogen and oxygen atoms in total. The van der Waals surface area contributed by atoms with E-state index in [1.807, 2.05) is 30.3 Å². The van der Waals surface area contributed by atoms with E-state index in [4.69, 9.17) is 0 Å². The predicted octanol–water partition coefficient (Wildman–Crippen LogP) is 4.13. The summed E-state index contributed by atoms with van der Waals surface area (Å²) < 4.78 is 12.9. The molecule has 3 aromatic carbocycles. The molecule has 0 aliphatic rings. The first-order valence-corrected chi connectivity index (χ1v) is 8.98. The van der Waals surface area contributed by atoms with E-state index in [-0.39, 0.29) is 24.3 Å². The molecular formula is C23H23FN2O. The van der Waals surface area contributed by atoms with Crippen LogP contribution in [0.3, 0.4) is 0 Å². The fourth-order valence-corrected chi connectivity index (χ4v) is 2.89. The van der Waals surface area contributed by atoms with Crippen molar-refractivity contribution in [2.75, 3.05) is 6.54 Å². The molecule has 0 heterocycles. The minimum Gasteiger partial charge on any atom is -0.351 e. The van der Waals surface area contributed by atoms with Gasteiger partial charge < -0.3 is 5.32 Å². The molecule has 27 heavy (non-hydrogen) atoms. The number of aryl methyl sites for hydroxylation is 1. The number of carbonyl (C=O) groups excluding carboxylic acids is 1. The van der Waals surface area contributed by atoms with Gasteiger partial charge in [-0.05, 0) is 35.7 Å². The first-order chi connectivity index (χ1) is 13.1. The molecule has 0 radical (unpaired) electrons. The molecule has 0 spiro atoms. The number of rotatable bonds is 7. The number of hydrogen-bond acceptors (Lipinski definition) is 2. The van der Waals surface area contributed by atoms with Crippen LogP contribution in [-0.2, 0) is 11.3 Å². The van der Waals surface area contributed by atoms with Gasteiger partial charge in [0, 0.05) is 6.54 Å².